The molecule has 2 amide bonds. The lowest BCUT2D eigenvalue weighted by Gasteiger charge is -2.21. The Balaban J connectivity index is 2.07. The molecule has 0 aromatic carbocycles. The molecule has 18 heavy (non-hydrogen) atoms. The van der Waals surface area contributed by atoms with E-state index >= 15 is 0 Å². The number of thiazole rings is 1. The van der Waals surface area contributed by atoms with E-state index in [1.54, 1.807) is 0 Å². The highest BCUT2D eigenvalue weighted by Gasteiger charge is 2.28. The summed E-state index contributed by atoms with van der Waals surface area (Å²) in [6.45, 7) is 2.58. The fourth-order valence-electron chi connectivity index (χ4n) is 2.20. The number of amides is 2. The Labute approximate surface area is 109 Å². The van der Waals surface area contributed by atoms with E-state index in [4.69, 9.17) is 5.73 Å². The third kappa shape index (κ3) is 3.05. The van der Waals surface area contributed by atoms with Crippen molar-refractivity contribution in [2.75, 3.05) is 18.4 Å². The van der Waals surface area contributed by atoms with E-state index in [0.717, 1.165) is 25.1 Å². The van der Waals surface area contributed by atoms with Crippen LogP contribution in [-0.4, -0.2) is 34.8 Å². The van der Waals surface area contributed by atoms with Gasteiger partial charge in [0.2, 0.25) is 11.8 Å². The van der Waals surface area contributed by atoms with Gasteiger partial charge < -0.3 is 11.1 Å². The molecule has 1 aliphatic heterocycles. The summed E-state index contributed by atoms with van der Waals surface area (Å²) in [6.07, 6.45) is 2.00. The van der Waals surface area contributed by atoms with Gasteiger partial charge in [-0.25, -0.2) is 4.98 Å². The molecular weight excluding hydrogens is 252 g/mol. The number of nitrogens with one attached hydrogen (secondary N) is 1. The largest absolute Gasteiger partial charge is 0.369 e. The number of likely N-dealkylation sites (tertiary alicyclic amines) is 1. The summed E-state index contributed by atoms with van der Waals surface area (Å²) in [5, 5.41) is 5.19. The molecule has 98 valence electrons. The second-order valence-corrected chi connectivity index (χ2v) is 5.21. The van der Waals surface area contributed by atoms with E-state index < -0.39 is 0 Å². The van der Waals surface area contributed by atoms with Crippen LogP contribution in [0.4, 0.5) is 5.13 Å². The molecular formula is C11H16N4O2S. The van der Waals surface area contributed by atoms with Crippen LogP contribution in [0.2, 0.25) is 0 Å². The Kier molecular flexibility index (Phi) is 3.93. The summed E-state index contributed by atoms with van der Waals surface area (Å²) in [5.74, 6) is -0.449. The van der Waals surface area contributed by atoms with E-state index in [2.05, 4.69) is 10.3 Å². The monoisotopic (exact) mass is 268 g/mol. The zero-order chi connectivity index (χ0) is 13.1. The highest BCUT2D eigenvalue weighted by molar-refractivity contribution is 7.13. The average Bonchev–Trinajstić information content (AvgIpc) is 2.85. The molecule has 1 aromatic rings. The number of carbonyl (C=O) groups is 2. The van der Waals surface area contributed by atoms with Crippen molar-refractivity contribution >= 4 is 28.3 Å². The van der Waals surface area contributed by atoms with Gasteiger partial charge in [-0.3, -0.25) is 14.5 Å². The first-order valence-corrected chi connectivity index (χ1v) is 6.69. The molecule has 2 rings (SSSR count). The Bertz CT molecular complexity index is 460. The molecule has 7 heteroatoms. The summed E-state index contributed by atoms with van der Waals surface area (Å²) in [6, 6.07) is 0.135. The van der Waals surface area contributed by atoms with Crippen LogP contribution in [-0.2, 0) is 9.59 Å². The van der Waals surface area contributed by atoms with E-state index in [0.29, 0.717) is 5.13 Å². The van der Waals surface area contributed by atoms with Gasteiger partial charge in [-0.2, -0.15) is 0 Å². The van der Waals surface area contributed by atoms with Crippen molar-refractivity contribution in [1.29, 1.82) is 0 Å². The molecule has 1 saturated heterocycles. The van der Waals surface area contributed by atoms with Gasteiger partial charge in [0, 0.05) is 12.3 Å². The Morgan fingerprint density at radius 2 is 2.44 bits per heavy atom. The van der Waals surface area contributed by atoms with Crippen LogP contribution >= 0.6 is 11.3 Å². The molecule has 0 radical (unpaired) electrons. The van der Waals surface area contributed by atoms with Crippen molar-refractivity contribution in [2.24, 2.45) is 5.73 Å². The molecule has 0 spiro atoms. The number of anilines is 1. The molecule has 1 aliphatic rings. The van der Waals surface area contributed by atoms with E-state index in [9.17, 15) is 9.59 Å². The van der Waals surface area contributed by atoms with Gasteiger partial charge in [0.15, 0.2) is 5.13 Å². The highest BCUT2D eigenvalue weighted by Crippen LogP contribution is 2.33. The fraction of sp³-hybridized carbons (Fsp3) is 0.545. The highest BCUT2D eigenvalue weighted by atomic mass is 32.1. The molecule has 2 heterocycles. The number of hydrogen-bond acceptors (Lipinski definition) is 5. The van der Waals surface area contributed by atoms with Crippen LogP contribution in [0.5, 0.6) is 0 Å². The minimum atomic E-state index is -0.320. The number of hydrogen-bond donors (Lipinski definition) is 2. The number of rotatable bonds is 4. The molecule has 1 aromatic heterocycles. The van der Waals surface area contributed by atoms with Gasteiger partial charge in [0.25, 0.3) is 0 Å². The third-order valence-electron chi connectivity index (χ3n) is 2.87. The van der Waals surface area contributed by atoms with Crippen LogP contribution in [0.3, 0.4) is 0 Å². The minimum Gasteiger partial charge on any atom is -0.369 e. The predicted octanol–water partition coefficient (Wildman–Crippen LogP) is 0.724. The molecule has 1 atom stereocenters. The maximum absolute atomic E-state index is 11.0. The smallest absolute Gasteiger partial charge is 0.231 e. The lowest BCUT2D eigenvalue weighted by atomic mass is 10.2. The molecule has 1 fully saturated rings. The van der Waals surface area contributed by atoms with Crippen LogP contribution in [0, 0.1) is 0 Å². The molecule has 3 N–H and O–H groups in total. The van der Waals surface area contributed by atoms with Crippen LogP contribution in [0.1, 0.15) is 31.5 Å². The molecule has 6 nitrogen and oxygen atoms in total. The molecule has 0 aliphatic carbocycles. The quantitative estimate of drug-likeness (QED) is 0.842. The number of nitrogens with two attached hydrogens (primary N) is 1. The van der Waals surface area contributed by atoms with Gasteiger partial charge in [0.05, 0.1) is 18.3 Å². The van der Waals surface area contributed by atoms with Crippen molar-refractivity contribution in [3.8, 4) is 0 Å². The van der Waals surface area contributed by atoms with Crippen molar-refractivity contribution in [2.45, 2.75) is 25.8 Å². The maximum atomic E-state index is 11.0. The maximum Gasteiger partial charge on any atom is 0.231 e. The van der Waals surface area contributed by atoms with Crippen LogP contribution in [0.15, 0.2) is 5.38 Å². The second kappa shape index (κ2) is 5.45. The van der Waals surface area contributed by atoms with Gasteiger partial charge >= 0.3 is 0 Å². The number of primary amides is 1. The average molecular weight is 268 g/mol. The van der Waals surface area contributed by atoms with Gasteiger partial charge in [0.1, 0.15) is 0 Å². The second-order valence-electron chi connectivity index (χ2n) is 4.35. The SMILES string of the molecule is CC(=O)Nc1nc(C2CCCN2CC(N)=O)cs1. The van der Waals surface area contributed by atoms with Crippen LogP contribution in [0.25, 0.3) is 0 Å². The van der Waals surface area contributed by atoms with Crippen LogP contribution < -0.4 is 11.1 Å². The van der Waals surface area contributed by atoms with E-state index in [1.807, 2.05) is 10.3 Å². The first-order valence-electron chi connectivity index (χ1n) is 5.81. The Hall–Kier alpha value is -1.47. The van der Waals surface area contributed by atoms with Crippen molar-refractivity contribution in [3.63, 3.8) is 0 Å². The summed E-state index contributed by atoms with van der Waals surface area (Å²) < 4.78 is 0. The van der Waals surface area contributed by atoms with E-state index in [1.165, 1.54) is 18.3 Å². The topological polar surface area (TPSA) is 88.3 Å². The fourth-order valence-corrected chi connectivity index (χ4v) is 3.00. The predicted molar refractivity (Wildman–Crippen MR) is 69.2 cm³/mol. The summed E-state index contributed by atoms with van der Waals surface area (Å²) in [7, 11) is 0. The molecule has 0 bridgehead atoms. The summed E-state index contributed by atoms with van der Waals surface area (Å²) >= 11 is 1.40. The first-order chi connectivity index (χ1) is 8.56. The van der Waals surface area contributed by atoms with Gasteiger partial charge in [-0.15, -0.1) is 11.3 Å². The lowest BCUT2D eigenvalue weighted by Crippen LogP contribution is -2.33. The first kappa shape index (κ1) is 13.0. The molecule has 1 unspecified atom stereocenters. The number of nitrogens with zero attached hydrogens (tertiary/aromatic N) is 2. The summed E-state index contributed by atoms with van der Waals surface area (Å²) in [5.41, 5.74) is 6.13. The zero-order valence-corrected chi connectivity index (χ0v) is 11.0. The van der Waals surface area contributed by atoms with Crippen molar-refractivity contribution in [1.82, 2.24) is 9.88 Å². The standard InChI is InChI=1S/C11H16N4O2S/c1-7(16)13-11-14-8(6-18-11)9-3-2-4-15(9)5-10(12)17/h6,9H,2-5H2,1H3,(H2,12,17)(H,13,14,16). The van der Waals surface area contributed by atoms with Crippen molar-refractivity contribution < 1.29 is 9.59 Å². The molecule has 0 saturated carbocycles. The minimum absolute atomic E-state index is 0.128. The Morgan fingerprint density at radius 1 is 1.67 bits per heavy atom. The van der Waals surface area contributed by atoms with E-state index in [-0.39, 0.29) is 24.4 Å². The van der Waals surface area contributed by atoms with Gasteiger partial charge in [-0.05, 0) is 19.4 Å². The zero-order valence-electron chi connectivity index (χ0n) is 10.2. The lowest BCUT2D eigenvalue weighted by molar-refractivity contribution is -0.119. The summed E-state index contributed by atoms with van der Waals surface area (Å²) in [4.78, 5) is 28.3. The normalized spacial score (nSPS) is 19.9. The van der Waals surface area contributed by atoms with Gasteiger partial charge in [-0.1, -0.05) is 0 Å². The number of aromatic nitrogens is 1. The Morgan fingerprint density at radius 3 is 3.11 bits per heavy atom. The van der Waals surface area contributed by atoms with Crippen molar-refractivity contribution in [3.05, 3.63) is 11.1 Å². The third-order valence-corrected chi connectivity index (χ3v) is 3.64. The number of carbonyl (C=O) groups excluding carboxylic acids is 2.